The summed E-state index contributed by atoms with van der Waals surface area (Å²) in [5.41, 5.74) is 2.15. The fraction of sp³-hybridized carbons (Fsp3) is 0.440. The van der Waals surface area contributed by atoms with Gasteiger partial charge in [-0.15, -0.1) is 0 Å². The van der Waals surface area contributed by atoms with Crippen molar-refractivity contribution in [2.45, 2.75) is 56.5 Å². The Hall–Kier alpha value is -2.91. The number of hydrogen-bond acceptors (Lipinski definition) is 5. The number of carbonyl (C=O) groups excluding carboxylic acids is 2. The smallest absolute Gasteiger partial charge is 0.243 e. The Bertz CT molecular complexity index is 1170. The molecule has 2 aliphatic rings. The molecular weight excluding hydrogens is 454 g/mol. The van der Waals surface area contributed by atoms with E-state index < -0.39 is 16.1 Å². The minimum atomic E-state index is -3.62. The predicted octanol–water partition coefficient (Wildman–Crippen LogP) is 2.85. The van der Waals surface area contributed by atoms with Crippen molar-refractivity contribution in [2.24, 2.45) is 0 Å². The first-order valence-corrected chi connectivity index (χ1v) is 13.1. The van der Waals surface area contributed by atoms with Crippen molar-refractivity contribution in [3.63, 3.8) is 0 Å². The SMILES string of the molecule is COc1cccc(CNC(=O)[C@H]2Cc3cc(S(=O)(=O)N4CCCCCC4)ccc3N2C(C)=O)c1. The van der Waals surface area contributed by atoms with E-state index in [2.05, 4.69) is 5.32 Å². The number of benzene rings is 2. The number of nitrogens with one attached hydrogen (secondary N) is 1. The topological polar surface area (TPSA) is 96.0 Å². The maximum absolute atomic E-state index is 13.2. The Balaban J connectivity index is 1.53. The third-order valence-electron chi connectivity index (χ3n) is 6.48. The van der Waals surface area contributed by atoms with Gasteiger partial charge in [-0.1, -0.05) is 25.0 Å². The minimum absolute atomic E-state index is 0.217. The second-order valence-corrected chi connectivity index (χ2v) is 10.7. The lowest BCUT2D eigenvalue weighted by Crippen LogP contribution is -2.47. The van der Waals surface area contributed by atoms with Crippen LogP contribution in [0.25, 0.3) is 0 Å². The van der Waals surface area contributed by atoms with E-state index in [0.717, 1.165) is 31.2 Å². The zero-order valence-electron chi connectivity index (χ0n) is 19.6. The molecular formula is C25H31N3O5S. The molecule has 2 aliphatic heterocycles. The number of amides is 2. The summed E-state index contributed by atoms with van der Waals surface area (Å²) >= 11 is 0. The molecule has 2 amide bonds. The molecule has 0 aliphatic carbocycles. The highest BCUT2D eigenvalue weighted by atomic mass is 32.2. The van der Waals surface area contributed by atoms with E-state index in [1.807, 2.05) is 24.3 Å². The summed E-state index contributed by atoms with van der Waals surface area (Å²) in [4.78, 5) is 27.2. The molecule has 1 N–H and O–H groups in total. The van der Waals surface area contributed by atoms with Crippen LogP contribution in [0.3, 0.4) is 0 Å². The van der Waals surface area contributed by atoms with Crippen LogP contribution in [0.2, 0.25) is 0 Å². The normalized spacial score (nSPS) is 18.8. The fourth-order valence-corrected chi connectivity index (χ4v) is 6.28. The lowest BCUT2D eigenvalue weighted by atomic mass is 10.1. The predicted molar refractivity (Wildman–Crippen MR) is 129 cm³/mol. The molecule has 0 aromatic heterocycles. The Kier molecular flexibility index (Phi) is 7.23. The van der Waals surface area contributed by atoms with Gasteiger partial charge in [-0.3, -0.25) is 14.5 Å². The second-order valence-electron chi connectivity index (χ2n) is 8.79. The first-order valence-electron chi connectivity index (χ1n) is 11.6. The van der Waals surface area contributed by atoms with E-state index in [4.69, 9.17) is 4.74 Å². The Morgan fingerprint density at radius 1 is 1.06 bits per heavy atom. The molecule has 2 heterocycles. The van der Waals surface area contributed by atoms with Crippen molar-refractivity contribution in [3.8, 4) is 5.75 Å². The van der Waals surface area contributed by atoms with Gasteiger partial charge in [-0.05, 0) is 54.3 Å². The summed E-state index contributed by atoms with van der Waals surface area (Å²) in [5, 5.41) is 2.90. The van der Waals surface area contributed by atoms with E-state index in [9.17, 15) is 18.0 Å². The average molecular weight is 486 g/mol. The summed E-state index contributed by atoms with van der Waals surface area (Å²) in [6.07, 6.45) is 4.06. The number of anilines is 1. The highest BCUT2D eigenvalue weighted by Gasteiger charge is 2.38. The standard InChI is InChI=1S/C25H31N3O5S/c1-18(29)28-23-11-10-22(34(31,32)27-12-5-3-4-6-13-27)15-20(23)16-24(28)25(30)26-17-19-8-7-9-21(14-19)33-2/h7-11,14-15,24H,3-6,12-13,16-17H2,1-2H3,(H,26,30)/t24-/m1/s1. The lowest BCUT2D eigenvalue weighted by molar-refractivity contribution is -0.125. The molecule has 0 saturated carbocycles. The Morgan fingerprint density at radius 3 is 2.47 bits per heavy atom. The van der Waals surface area contributed by atoms with Crippen LogP contribution in [0.4, 0.5) is 5.69 Å². The largest absolute Gasteiger partial charge is 0.497 e. The number of carbonyl (C=O) groups is 2. The van der Waals surface area contributed by atoms with Gasteiger partial charge in [0, 0.05) is 38.7 Å². The van der Waals surface area contributed by atoms with Crippen LogP contribution in [-0.4, -0.2) is 50.8 Å². The second kappa shape index (κ2) is 10.1. The van der Waals surface area contributed by atoms with Gasteiger partial charge in [0.05, 0.1) is 12.0 Å². The number of rotatable bonds is 6. The van der Waals surface area contributed by atoms with Crippen molar-refractivity contribution in [2.75, 3.05) is 25.1 Å². The Morgan fingerprint density at radius 2 is 1.79 bits per heavy atom. The van der Waals surface area contributed by atoms with E-state index >= 15 is 0 Å². The number of fused-ring (bicyclic) bond motifs is 1. The molecule has 0 bridgehead atoms. The van der Waals surface area contributed by atoms with Gasteiger partial charge < -0.3 is 10.1 Å². The number of nitrogens with zero attached hydrogens (tertiary/aromatic N) is 2. The molecule has 2 aromatic carbocycles. The maximum Gasteiger partial charge on any atom is 0.243 e. The third kappa shape index (κ3) is 4.95. The van der Waals surface area contributed by atoms with Gasteiger partial charge >= 0.3 is 0 Å². The van der Waals surface area contributed by atoms with Crippen molar-refractivity contribution in [3.05, 3.63) is 53.6 Å². The van der Waals surface area contributed by atoms with Crippen LogP contribution in [-0.2, 0) is 32.6 Å². The summed E-state index contributed by atoms with van der Waals surface area (Å²) in [6.45, 7) is 2.76. The van der Waals surface area contributed by atoms with Crippen molar-refractivity contribution in [1.82, 2.24) is 9.62 Å². The summed E-state index contributed by atoms with van der Waals surface area (Å²) in [5.74, 6) is 0.151. The van der Waals surface area contributed by atoms with Crippen LogP contribution < -0.4 is 15.0 Å². The highest BCUT2D eigenvalue weighted by molar-refractivity contribution is 7.89. The van der Waals surface area contributed by atoms with Crippen molar-refractivity contribution < 1.29 is 22.7 Å². The number of hydrogen-bond donors (Lipinski definition) is 1. The molecule has 8 nitrogen and oxygen atoms in total. The van der Waals surface area contributed by atoms with Crippen LogP contribution >= 0.6 is 0 Å². The third-order valence-corrected chi connectivity index (χ3v) is 8.38. The van der Waals surface area contributed by atoms with Gasteiger partial charge in [0.25, 0.3) is 0 Å². The molecule has 0 radical (unpaired) electrons. The molecule has 1 atom stereocenters. The van der Waals surface area contributed by atoms with Crippen LogP contribution in [0.15, 0.2) is 47.4 Å². The molecule has 0 unspecified atom stereocenters. The number of ether oxygens (including phenoxy) is 1. The van der Waals surface area contributed by atoms with Gasteiger partial charge in [0.2, 0.25) is 21.8 Å². The van der Waals surface area contributed by atoms with E-state index in [1.165, 1.54) is 11.8 Å². The first-order chi connectivity index (χ1) is 16.3. The number of methoxy groups -OCH3 is 1. The molecule has 4 rings (SSSR count). The van der Waals surface area contributed by atoms with Crippen LogP contribution in [0, 0.1) is 0 Å². The van der Waals surface area contributed by atoms with Gasteiger partial charge in [0.15, 0.2) is 0 Å². The van der Waals surface area contributed by atoms with Crippen molar-refractivity contribution >= 4 is 27.5 Å². The Labute approximate surface area is 200 Å². The van der Waals surface area contributed by atoms with E-state index in [1.54, 1.807) is 29.6 Å². The number of sulfonamides is 1. The lowest BCUT2D eigenvalue weighted by Gasteiger charge is -2.24. The van der Waals surface area contributed by atoms with Gasteiger partial charge in [0.1, 0.15) is 11.8 Å². The van der Waals surface area contributed by atoms with Gasteiger partial charge in [-0.25, -0.2) is 8.42 Å². The molecule has 9 heteroatoms. The summed E-state index contributed by atoms with van der Waals surface area (Å²) in [6, 6.07) is 11.5. The first kappa shape index (κ1) is 24.2. The summed E-state index contributed by atoms with van der Waals surface area (Å²) in [7, 11) is -2.04. The van der Waals surface area contributed by atoms with Crippen LogP contribution in [0.1, 0.15) is 43.7 Å². The molecule has 1 fully saturated rings. The molecule has 1 saturated heterocycles. The highest BCUT2D eigenvalue weighted by Crippen LogP contribution is 2.35. The van der Waals surface area contributed by atoms with Crippen LogP contribution in [0.5, 0.6) is 5.75 Å². The van der Waals surface area contributed by atoms with E-state index in [0.29, 0.717) is 36.6 Å². The summed E-state index contributed by atoms with van der Waals surface area (Å²) < 4.78 is 33.3. The van der Waals surface area contributed by atoms with Crippen molar-refractivity contribution in [1.29, 1.82) is 0 Å². The molecule has 2 aromatic rings. The zero-order chi connectivity index (χ0) is 24.3. The maximum atomic E-state index is 13.2. The average Bonchev–Trinajstić information content (AvgIpc) is 3.00. The fourth-order valence-electron chi connectivity index (χ4n) is 4.71. The molecule has 0 spiro atoms. The zero-order valence-corrected chi connectivity index (χ0v) is 20.4. The molecule has 182 valence electrons. The van der Waals surface area contributed by atoms with Gasteiger partial charge in [-0.2, -0.15) is 4.31 Å². The quantitative estimate of drug-likeness (QED) is 0.679. The monoisotopic (exact) mass is 485 g/mol. The minimum Gasteiger partial charge on any atom is -0.497 e. The van der Waals surface area contributed by atoms with E-state index in [-0.39, 0.29) is 23.1 Å². The molecule has 34 heavy (non-hydrogen) atoms.